The van der Waals surface area contributed by atoms with Crippen molar-refractivity contribution >= 4 is 17.4 Å². The van der Waals surface area contributed by atoms with Crippen LogP contribution in [0.15, 0.2) is 48.5 Å². The Labute approximate surface area is 131 Å². The molecule has 0 saturated heterocycles. The van der Waals surface area contributed by atoms with E-state index in [9.17, 15) is 4.79 Å². The highest BCUT2D eigenvalue weighted by Gasteiger charge is 2.11. The van der Waals surface area contributed by atoms with Crippen molar-refractivity contribution in [3.05, 3.63) is 70.2 Å². The minimum atomic E-state index is 0.0947. The topological polar surface area (TPSA) is 20.3 Å². The van der Waals surface area contributed by atoms with Crippen LogP contribution in [0.2, 0.25) is 5.02 Å². The van der Waals surface area contributed by atoms with E-state index in [4.69, 9.17) is 11.6 Å². The van der Waals surface area contributed by atoms with Gasteiger partial charge in [0, 0.05) is 25.1 Å². The molecule has 0 bridgehead atoms. The van der Waals surface area contributed by atoms with Crippen molar-refractivity contribution in [3.8, 4) is 0 Å². The van der Waals surface area contributed by atoms with Crippen LogP contribution in [0, 0.1) is 6.92 Å². The lowest BCUT2D eigenvalue weighted by Gasteiger charge is -2.17. The maximum Gasteiger partial charge on any atom is 0.165 e. The second kappa shape index (κ2) is 7.39. The number of rotatable bonds is 6. The molecule has 0 aromatic heterocycles. The predicted octanol–water partition coefficient (Wildman–Crippen LogP) is 4.35. The van der Waals surface area contributed by atoms with Crippen LogP contribution >= 0.6 is 11.6 Å². The first kappa shape index (κ1) is 15.7. The predicted molar refractivity (Wildman–Crippen MR) is 87.9 cm³/mol. The summed E-state index contributed by atoms with van der Waals surface area (Å²) in [6.45, 7) is 3.68. The Morgan fingerprint density at radius 2 is 1.76 bits per heavy atom. The number of halogens is 1. The molecule has 110 valence electrons. The molecule has 2 rings (SSSR count). The van der Waals surface area contributed by atoms with Crippen LogP contribution in [0.4, 0.5) is 0 Å². The Balaban J connectivity index is 1.90. The highest BCUT2D eigenvalue weighted by Crippen LogP contribution is 2.17. The highest BCUT2D eigenvalue weighted by molar-refractivity contribution is 6.33. The van der Waals surface area contributed by atoms with Crippen LogP contribution in [-0.2, 0) is 6.54 Å². The maximum absolute atomic E-state index is 12.2. The maximum atomic E-state index is 12.2. The molecule has 2 aromatic carbocycles. The second-order valence-electron chi connectivity index (χ2n) is 5.32. The zero-order valence-electron chi connectivity index (χ0n) is 12.5. The van der Waals surface area contributed by atoms with Gasteiger partial charge in [-0.15, -0.1) is 0 Å². The van der Waals surface area contributed by atoms with Gasteiger partial charge in [-0.1, -0.05) is 48.0 Å². The number of hydrogen-bond acceptors (Lipinski definition) is 2. The molecule has 2 nitrogen and oxygen atoms in total. The molecule has 0 radical (unpaired) electrons. The third-order valence-corrected chi connectivity index (χ3v) is 3.93. The summed E-state index contributed by atoms with van der Waals surface area (Å²) in [6.07, 6.45) is 0.478. The van der Waals surface area contributed by atoms with Gasteiger partial charge >= 0.3 is 0 Å². The first-order valence-corrected chi connectivity index (χ1v) is 7.46. The van der Waals surface area contributed by atoms with Crippen molar-refractivity contribution < 1.29 is 4.79 Å². The fourth-order valence-electron chi connectivity index (χ4n) is 2.27. The zero-order chi connectivity index (χ0) is 15.2. The second-order valence-corrected chi connectivity index (χ2v) is 5.72. The summed E-state index contributed by atoms with van der Waals surface area (Å²) in [4.78, 5) is 14.3. The van der Waals surface area contributed by atoms with E-state index in [-0.39, 0.29) is 5.78 Å². The van der Waals surface area contributed by atoms with Gasteiger partial charge in [-0.25, -0.2) is 0 Å². The molecule has 0 unspecified atom stereocenters. The van der Waals surface area contributed by atoms with Crippen molar-refractivity contribution in [1.82, 2.24) is 4.90 Å². The SMILES string of the molecule is Cc1ccccc1CN(C)CCC(=O)c1ccccc1Cl. The largest absolute Gasteiger partial charge is 0.302 e. The molecular weight excluding hydrogens is 282 g/mol. The summed E-state index contributed by atoms with van der Waals surface area (Å²) in [5.74, 6) is 0.0947. The molecule has 0 fully saturated rings. The van der Waals surface area contributed by atoms with E-state index >= 15 is 0 Å². The molecule has 2 aromatic rings. The minimum absolute atomic E-state index is 0.0947. The summed E-state index contributed by atoms with van der Waals surface area (Å²) in [5, 5.41) is 0.532. The molecular formula is C18H20ClNO. The molecule has 0 saturated carbocycles. The van der Waals surface area contributed by atoms with Crippen LogP contribution < -0.4 is 0 Å². The molecule has 0 aliphatic rings. The van der Waals surface area contributed by atoms with E-state index in [1.165, 1.54) is 11.1 Å². The minimum Gasteiger partial charge on any atom is -0.302 e. The van der Waals surface area contributed by atoms with Gasteiger partial charge in [0.15, 0.2) is 5.78 Å². The third-order valence-electron chi connectivity index (χ3n) is 3.60. The Hall–Kier alpha value is -1.64. The van der Waals surface area contributed by atoms with Gasteiger partial charge in [-0.2, -0.15) is 0 Å². The first-order chi connectivity index (χ1) is 10.1. The summed E-state index contributed by atoms with van der Waals surface area (Å²) in [5.41, 5.74) is 3.19. The molecule has 0 spiro atoms. The van der Waals surface area contributed by atoms with Gasteiger partial charge in [0.1, 0.15) is 0 Å². The number of carbonyl (C=O) groups excluding carboxylic acids is 1. The van der Waals surface area contributed by atoms with Crippen molar-refractivity contribution in [3.63, 3.8) is 0 Å². The fraction of sp³-hybridized carbons (Fsp3) is 0.278. The van der Waals surface area contributed by atoms with Gasteiger partial charge in [0.05, 0.1) is 5.02 Å². The zero-order valence-corrected chi connectivity index (χ0v) is 13.2. The fourth-order valence-corrected chi connectivity index (χ4v) is 2.51. The van der Waals surface area contributed by atoms with Crippen molar-refractivity contribution in [2.24, 2.45) is 0 Å². The van der Waals surface area contributed by atoms with Gasteiger partial charge in [-0.05, 0) is 37.2 Å². The average Bonchev–Trinajstić information content (AvgIpc) is 2.48. The summed E-state index contributed by atoms with van der Waals surface area (Å²) >= 11 is 6.05. The third kappa shape index (κ3) is 4.42. The Bertz CT molecular complexity index is 624. The van der Waals surface area contributed by atoms with Gasteiger partial charge in [0.2, 0.25) is 0 Å². The Morgan fingerprint density at radius 3 is 2.48 bits per heavy atom. The van der Waals surface area contributed by atoms with E-state index in [1.807, 2.05) is 31.3 Å². The van der Waals surface area contributed by atoms with E-state index < -0.39 is 0 Å². The summed E-state index contributed by atoms with van der Waals surface area (Å²) < 4.78 is 0. The molecule has 0 amide bonds. The number of benzene rings is 2. The Kier molecular flexibility index (Phi) is 5.54. The quantitative estimate of drug-likeness (QED) is 0.739. The van der Waals surface area contributed by atoms with Crippen LogP contribution in [0.3, 0.4) is 0 Å². The van der Waals surface area contributed by atoms with Crippen LogP contribution in [0.1, 0.15) is 27.9 Å². The van der Waals surface area contributed by atoms with E-state index in [0.29, 0.717) is 17.0 Å². The van der Waals surface area contributed by atoms with Crippen LogP contribution in [0.5, 0.6) is 0 Å². The lowest BCUT2D eigenvalue weighted by molar-refractivity contribution is 0.0968. The molecule has 0 aliphatic carbocycles. The van der Waals surface area contributed by atoms with E-state index in [0.717, 1.165) is 13.1 Å². The molecule has 3 heteroatoms. The van der Waals surface area contributed by atoms with Crippen molar-refractivity contribution in [2.45, 2.75) is 19.9 Å². The molecule has 21 heavy (non-hydrogen) atoms. The monoisotopic (exact) mass is 301 g/mol. The highest BCUT2D eigenvalue weighted by atomic mass is 35.5. The van der Waals surface area contributed by atoms with Crippen molar-refractivity contribution in [1.29, 1.82) is 0 Å². The lowest BCUT2D eigenvalue weighted by Crippen LogP contribution is -2.22. The standard InChI is InChI=1S/C18H20ClNO/c1-14-7-3-4-8-15(14)13-20(2)12-11-18(21)16-9-5-6-10-17(16)19/h3-10H,11-13H2,1-2H3. The Morgan fingerprint density at radius 1 is 1.10 bits per heavy atom. The van der Waals surface area contributed by atoms with E-state index in [2.05, 4.69) is 24.0 Å². The number of carbonyl (C=O) groups is 1. The van der Waals surface area contributed by atoms with Crippen molar-refractivity contribution in [2.75, 3.05) is 13.6 Å². The lowest BCUT2D eigenvalue weighted by atomic mass is 10.1. The van der Waals surface area contributed by atoms with E-state index in [1.54, 1.807) is 12.1 Å². The van der Waals surface area contributed by atoms with Crippen LogP contribution in [-0.4, -0.2) is 24.3 Å². The van der Waals surface area contributed by atoms with Gasteiger partial charge in [0.25, 0.3) is 0 Å². The number of Topliss-reactive ketones (excluding diaryl/α,β-unsaturated/α-hetero) is 1. The molecule has 0 heterocycles. The summed E-state index contributed by atoms with van der Waals surface area (Å²) in [6, 6.07) is 15.5. The molecule has 0 N–H and O–H groups in total. The van der Waals surface area contributed by atoms with Gasteiger partial charge in [-0.3, -0.25) is 4.79 Å². The number of hydrogen-bond donors (Lipinski definition) is 0. The average molecular weight is 302 g/mol. The summed E-state index contributed by atoms with van der Waals surface area (Å²) in [7, 11) is 2.03. The van der Waals surface area contributed by atoms with Crippen LogP contribution in [0.25, 0.3) is 0 Å². The number of nitrogens with zero attached hydrogens (tertiary/aromatic N) is 1. The number of ketones is 1. The molecule has 0 atom stereocenters. The normalized spacial score (nSPS) is 10.9. The molecule has 0 aliphatic heterocycles. The first-order valence-electron chi connectivity index (χ1n) is 7.08. The number of aryl methyl sites for hydroxylation is 1. The van der Waals surface area contributed by atoms with Gasteiger partial charge < -0.3 is 4.90 Å². The smallest absolute Gasteiger partial charge is 0.165 e.